The molecule has 8 nitrogen and oxygen atoms in total. The lowest BCUT2D eigenvalue weighted by atomic mass is 10.0. The van der Waals surface area contributed by atoms with E-state index < -0.39 is 6.04 Å². The molecule has 0 saturated heterocycles. The van der Waals surface area contributed by atoms with Gasteiger partial charge in [0.2, 0.25) is 17.7 Å². The molecular weight excluding hydrogens is 552 g/mol. The van der Waals surface area contributed by atoms with Crippen LogP contribution in [0.15, 0.2) is 103 Å². The number of nitrogens with one attached hydrogen (secondary N) is 3. The monoisotopic (exact) mass is 592 g/mol. The summed E-state index contributed by atoms with van der Waals surface area (Å²) in [5, 5.41) is 8.61. The number of ether oxygens (including phenoxy) is 1. The SMILES string of the molecule is CCOc1ccc(-c2cccc(CC(=O)NCCC(=O)N[C@@H](Cc3ccccc3)C(=O)NCc3ccc(CN)cc3)c2)cc1. The third-order valence-electron chi connectivity index (χ3n) is 7.12. The van der Waals surface area contributed by atoms with Gasteiger partial charge in [-0.25, -0.2) is 0 Å². The summed E-state index contributed by atoms with van der Waals surface area (Å²) in [6.07, 6.45) is 0.594. The maximum Gasteiger partial charge on any atom is 0.243 e. The van der Waals surface area contributed by atoms with Gasteiger partial charge in [-0.15, -0.1) is 0 Å². The number of nitrogens with two attached hydrogens (primary N) is 1. The van der Waals surface area contributed by atoms with Crippen molar-refractivity contribution in [2.75, 3.05) is 13.2 Å². The first-order valence-electron chi connectivity index (χ1n) is 14.9. The maximum absolute atomic E-state index is 13.1. The van der Waals surface area contributed by atoms with E-state index in [0.717, 1.165) is 39.1 Å². The van der Waals surface area contributed by atoms with Gasteiger partial charge in [-0.2, -0.15) is 0 Å². The van der Waals surface area contributed by atoms with Gasteiger partial charge in [0.05, 0.1) is 13.0 Å². The van der Waals surface area contributed by atoms with Crippen LogP contribution in [-0.2, 0) is 40.3 Å². The van der Waals surface area contributed by atoms with E-state index in [1.165, 1.54) is 0 Å². The van der Waals surface area contributed by atoms with Gasteiger partial charge in [-0.1, -0.05) is 91.0 Å². The Kier molecular flexibility index (Phi) is 12.1. The highest BCUT2D eigenvalue weighted by molar-refractivity contribution is 5.88. The molecule has 3 amide bonds. The highest BCUT2D eigenvalue weighted by atomic mass is 16.5. The predicted molar refractivity (Wildman–Crippen MR) is 173 cm³/mol. The van der Waals surface area contributed by atoms with Gasteiger partial charge < -0.3 is 26.4 Å². The van der Waals surface area contributed by atoms with Crippen molar-refractivity contribution >= 4 is 17.7 Å². The lowest BCUT2D eigenvalue weighted by molar-refractivity contribution is -0.129. The van der Waals surface area contributed by atoms with E-state index in [1.54, 1.807) is 0 Å². The molecule has 0 unspecified atom stereocenters. The Bertz CT molecular complexity index is 1510. The van der Waals surface area contributed by atoms with Crippen molar-refractivity contribution in [3.05, 3.63) is 125 Å². The third-order valence-corrected chi connectivity index (χ3v) is 7.12. The first-order chi connectivity index (χ1) is 21.4. The highest BCUT2D eigenvalue weighted by Gasteiger charge is 2.21. The standard InChI is InChI=1S/C36H40N4O4/c1-2-44-32-17-15-30(16-18-32)31-10-6-9-29(21-31)23-35(42)38-20-19-34(41)40-33(22-26-7-4-3-5-8-26)36(43)39-25-28-13-11-27(24-37)12-14-28/h3-18,21,33H,2,19-20,22-25,37H2,1H3,(H,38,42)(H,39,43)(H,40,41)/t33-/m0/s1. The van der Waals surface area contributed by atoms with Gasteiger partial charge in [0, 0.05) is 32.5 Å². The molecule has 0 saturated carbocycles. The summed E-state index contributed by atoms with van der Waals surface area (Å²) in [5.74, 6) is 0.0466. The summed E-state index contributed by atoms with van der Waals surface area (Å²) in [7, 11) is 0. The molecule has 44 heavy (non-hydrogen) atoms. The summed E-state index contributed by atoms with van der Waals surface area (Å²) < 4.78 is 5.52. The average Bonchev–Trinajstić information content (AvgIpc) is 3.04. The smallest absolute Gasteiger partial charge is 0.243 e. The molecule has 8 heteroatoms. The zero-order valence-corrected chi connectivity index (χ0v) is 25.1. The number of carbonyl (C=O) groups excluding carboxylic acids is 3. The number of hydrogen-bond acceptors (Lipinski definition) is 5. The number of rotatable bonds is 15. The molecule has 0 aliphatic rings. The van der Waals surface area contributed by atoms with Gasteiger partial charge in [0.1, 0.15) is 11.8 Å². The first-order valence-corrected chi connectivity index (χ1v) is 14.9. The van der Waals surface area contributed by atoms with E-state index in [-0.39, 0.29) is 37.1 Å². The molecule has 5 N–H and O–H groups in total. The Labute approximate surface area is 259 Å². The maximum atomic E-state index is 13.1. The molecule has 0 fully saturated rings. The fourth-order valence-electron chi connectivity index (χ4n) is 4.77. The zero-order valence-electron chi connectivity index (χ0n) is 25.1. The van der Waals surface area contributed by atoms with Crippen LogP contribution in [0.25, 0.3) is 11.1 Å². The predicted octanol–water partition coefficient (Wildman–Crippen LogP) is 4.30. The largest absolute Gasteiger partial charge is 0.494 e. The normalized spacial score (nSPS) is 11.3. The van der Waals surface area contributed by atoms with Crippen molar-refractivity contribution in [2.45, 2.75) is 45.3 Å². The van der Waals surface area contributed by atoms with E-state index >= 15 is 0 Å². The second-order valence-electron chi connectivity index (χ2n) is 10.5. The lowest BCUT2D eigenvalue weighted by Gasteiger charge is -2.19. The van der Waals surface area contributed by atoms with Crippen molar-refractivity contribution in [1.29, 1.82) is 0 Å². The topological polar surface area (TPSA) is 123 Å². The van der Waals surface area contributed by atoms with Crippen LogP contribution in [0.3, 0.4) is 0 Å². The van der Waals surface area contributed by atoms with Gasteiger partial charge in [0.25, 0.3) is 0 Å². The zero-order chi connectivity index (χ0) is 31.1. The molecule has 0 aliphatic carbocycles. The Morgan fingerprint density at radius 3 is 2.14 bits per heavy atom. The fraction of sp³-hybridized carbons (Fsp3) is 0.250. The number of amides is 3. The van der Waals surface area contributed by atoms with E-state index in [0.29, 0.717) is 26.1 Å². The van der Waals surface area contributed by atoms with Gasteiger partial charge >= 0.3 is 0 Å². The van der Waals surface area contributed by atoms with Crippen LogP contribution in [0, 0.1) is 0 Å². The van der Waals surface area contributed by atoms with Crippen LogP contribution >= 0.6 is 0 Å². The lowest BCUT2D eigenvalue weighted by Crippen LogP contribution is -2.48. The van der Waals surface area contributed by atoms with Crippen LogP contribution in [0.1, 0.15) is 35.6 Å². The molecule has 1 atom stereocenters. The van der Waals surface area contributed by atoms with Crippen molar-refractivity contribution < 1.29 is 19.1 Å². The van der Waals surface area contributed by atoms with E-state index in [9.17, 15) is 14.4 Å². The summed E-state index contributed by atoms with van der Waals surface area (Å²) in [6, 6.07) is 32.2. The molecular formula is C36H40N4O4. The van der Waals surface area contributed by atoms with Crippen LogP contribution in [0.5, 0.6) is 5.75 Å². The Hall–Kier alpha value is -4.95. The average molecular weight is 593 g/mol. The molecule has 0 bridgehead atoms. The molecule has 4 rings (SSSR count). The molecule has 0 aliphatic heterocycles. The van der Waals surface area contributed by atoms with Gasteiger partial charge in [-0.05, 0) is 52.4 Å². The molecule has 0 heterocycles. The molecule has 228 valence electrons. The summed E-state index contributed by atoms with van der Waals surface area (Å²) in [4.78, 5) is 38.6. The van der Waals surface area contributed by atoms with Crippen LogP contribution < -0.4 is 26.4 Å². The van der Waals surface area contributed by atoms with Crippen molar-refractivity contribution in [3.8, 4) is 16.9 Å². The van der Waals surface area contributed by atoms with Crippen LogP contribution in [0.4, 0.5) is 0 Å². The molecule has 0 radical (unpaired) electrons. The summed E-state index contributed by atoms with van der Waals surface area (Å²) in [6.45, 7) is 3.51. The van der Waals surface area contributed by atoms with E-state index in [4.69, 9.17) is 10.5 Å². The Balaban J connectivity index is 1.27. The van der Waals surface area contributed by atoms with Crippen LogP contribution in [0.2, 0.25) is 0 Å². The number of carbonyl (C=O) groups is 3. The second kappa shape index (κ2) is 16.6. The van der Waals surface area contributed by atoms with Crippen molar-refractivity contribution in [1.82, 2.24) is 16.0 Å². The molecule has 0 aromatic heterocycles. The fourth-order valence-corrected chi connectivity index (χ4v) is 4.77. The summed E-state index contributed by atoms with van der Waals surface area (Å²) in [5.41, 5.74) is 11.5. The Morgan fingerprint density at radius 1 is 0.727 bits per heavy atom. The van der Waals surface area contributed by atoms with Crippen molar-refractivity contribution in [3.63, 3.8) is 0 Å². The molecule has 4 aromatic rings. The minimum Gasteiger partial charge on any atom is -0.494 e. The second-order valence-corrected chi connectivity index (χ2v) is 10.5. The van der Waals surface area contributed by atoms with Gasteiger partial charge in [-0.3, -0.25) is 14.4 Å². The molecule has 0 spiro atoms. The minimum atomic E-state index is -0.755. The number of hydrogen-bond donors (Lipinski definition) is 4. The van der Waals surface area contributed by atoms with E-state index in [2.05, 4.69) is 16.0 Å². The third kappa shape index (κ3) is 10.1. The minimum absolute atomic E-state index is 0.0527. The summed E-state index contributed by atoms with van der Waals surface area (Å²) >= 11 is 0. The Morgan fingerprint density at radius 2 is 1.43 bits per heavy atom. The number of benzene rings is 4. The van der Waals surface area contributed by atoms with Crippen LogP contribution in [-0.4, -0.2) is 36.9 Å². The molecule has 4 aromatic carbocycles. The van der Waals surface area contributed by atoms with Crippen molar-refractivity contribution in [2.24, 2.45) is 5.73 Å². The quantitative estimate of drug-likeness (QED) is 0.164. The first kappa shape index (κ1) is 32.0. The van der Waals surface area contributed by atoms with Gasteiger partial charge in [0.15, 0.2) is 0 Å². The van der Waals surface area contributed by atoms with E-state index in [1.807, 2.05) is 110 Å². The highest BCUT2D eigenvalue weighted by Crippen LogP contribution is 2.23.